The molecule has 27 heavy (non-hydrogen) atoms. The third-order valence-corrected chi connectivity index (χ3v) is 4.73. The number of alkyl halides is 3. The lowest BCUT2D eigenvalue weighted by atomic mass is 10.1. The van der Waals surface area contributed by atoms with Gasteiger partial charge in [0, 0.05) is 5.69 Å². The molecule has 0 saturated carbocycles. The first-order valence-corrected chi connectivity index (χ1v) is 9.76. The van der Waals surface area contributed by atoms with E-state index in [0.29, 0.717) is 11.2 Å². The zero-order chi connectivity index (χ0) is 19.6. The second-order valence-corrected chi connectivity index (χ2v) is 8.65. The van der Waals surface area contributed by atoms with E-state index in [0.717, 1.165) is 23.2 Å². The lowest BCUT2D eigenvalue weighted by Crippen LogP contribution is -2.27. The molecule has 0 radical (unpaired) electrons. The van der Waals surface area contributed by atoms with Crippen molar-refractivity contribution in [2.45, 2.75) is 36.9 Å². The van der Waals surface area contributed by atoms with Gasteiger partial charge in [-0.05, 0) is 55.2 Å². The first kappa shape index (κ1) is 19.9. The summed E-state index contributed by atoms with van der Waals surface area (Å²) in [5.74, 6) is -0.718. The van der Waals surface area contributed by atoms with Gasteiger partial charge in [-0.15, -0.1) is 10.2 Å². The fourth-order valence-electron chi connectivity index (χ4n) is 2.69. The average Bonchev–Trinajstić information content (AvgIpc) is 3.02. The van der Waals surface area contributed by atoms with E-state index < -0.39 is 9.70 Å². The summed E-state index contributed by atoms with van der Waals surface area (Å²) < 4.78 is -2.03. The second-order valence-electron chi connectivity index (χ2n) is 6.37. The summed E-state index contributed by atoms with van der Waals surface area (Å²) in [5, 5.41) is 11.6. The van der Waals surface area contributed by atoms with E-state index in [1.165, 1.54) is 18.4 Å². The summed E-state index contributed by atoms with van der Waals surface area (Å²) in [6.07, 6.45) is 3.41. The molecule has 0 aliphatic carbocycles. The molecule has 5 nitrogen and oxygen atoms in total. The van der Waals surface area contributed by atoms with Crippen molar-refractivity contribution in [1.29, 1.82) is 0 Å². The van der Waals surface area contributed by atoms with Crippen molar-refractivity contribution >= 4 is 57.4 Å². The smallest absolute Gasteiger partial charge is 0.276 e. The van der Waals surface area contributed by atoms with Crippen LogP contribution in [-0.4, -0.2) is 24.7 Å². The van der Waals surface area contributed by atoms with Crippen molar-refractivity contribution in [3.63, 3.8) is 0 Å². The highest BCUT2D eigenvalue weighted by molar-refractivity contribution is 6.76. The number of halogens is 3. The number of aromatic nitrogens is 3. The number of rotatable bonds is 5. The Hall–Kier alpha value is -1.82. The van der Waals surface area contributed by atoms with Gasteiger partial charge in [0.05, 0.1) is 5.69 Å². The van der Waals surface area contributed by atoms with Gasteiger partial charge < -0.3 is 5.32 Å². The summed E-state index contributed by atoms with van der Waals surface area (Å²) in [6, 6.07) is 11.7. The van der Waals surface area contributed by atoms with Gasteiger partial charge >= 0.3 is 0 Å². The van der Waals surface area contributed by atoms with Crippen molar-refractivity contribution in [3.05, 3.63) is 47.5 Å². The summed E-state index contributed by atoms with van der Waals surface area (Å²) in [6.45, 7) is 4.02. The van der Waals surface area contributed by atoms with E-state index in [-0.39, 0.29) is 0 Å². The number of amides is 1. The zero-order valence-corrected chi connectivity index (χ0v) is 17.2. The van der Waals surface area contributed by atoms with Gasteiger partial charge in [0.15, 0.2) is 0 Å². The molecule has 1 aromatic heterocycles. The number of nitrogens with zero attached hydrogens (tertiary/aromatic N) is 3. The molecule has 0 aliphatic heterocycles. The topological polar surface area (TPSA) is 59.8 Å². The summed E-state index contributed by atoms with van der Waals surface area (Å²) in [4.78, 5) is 13.5. The van der Waals surface area contributed by atoms with Crippen LogP contribution in [0.15, 0.2) is 36.4 Å². The molecular formula is C19H19Cl3N4O. The quantitative estimate of drug-likeness (QED) is 0.558. The summed E-state index contributed by atoms with van der Waals surface area (Å²) in [5.41, 5.74) is 4.85. The van der Waals surface area contributed by atoms with Crippen molar-refractivity contribution in [2.75, 3.05) is 5.32 Å². The SMILES string of the molecule is CCCCc1ccc(-n2nc3cc(C)c(NC(=O)C(Cl)(Cl)Cl)cc3n2)cc1. The van der Waals surface area contributed by atoms with E-state index in [1.54, 1.807) is 10.9 Å². The van der Waals surface area contributed by atoms with Crippen molar-refractivity contribution in [3.8, 4) is 5.69 Å². The Morgan fingerprint density at radius 1 is 1.11 bits per heavy atom. The van der Waals surface area contributed by atoms with Crippen LogP contribution in [0.25, 0.3) is 16.7 Å². The van der Waals surface area contributed by atoms with E-state index in [2.05, 4.69) is 34.6 Å². The number of unbranched alkanes of at least 4 members (excludes halogenated alkanes) is 1. The molecule has 3 aromatic rings. The fourth-order valence-corrected chi connectivity index (χ4v) is 2.83. The van der Waals surface area contributed by atoms with Crippen molar-refractivity contribution in [2.24, 2.45) is 0 Å². The van der Waals surface area contributed by atoms with Crippen molar-refractivity contribution in [1.82, 2.24) is 15.0 Å². The van der Waals surface area contributed by atoms with Gasteiger partial charge in [-0.2, -0.15) is 4.80 Å². The van der Waals surface area contributed by atoms with Crippen LogP contribution in [0, 0.1) is 6.92 Å². The molecular weight excluding hydrogens is 407 g/mol. The van der Waals surface area contributed by atoms with E-state index >= 15 is 0 Å². The van der Waals surface area contributed by atoms with Crippen LogP contribution in [0.3, 0.4) is 0 Å². The lowest BCUT2D eigenvalue weighted by molar-refractivity contribution is -0.115. The predicted octanol–water partition coefficient (Wildman–Crippen LogP) is 5.38. The third-order valence-electron chi connectivity index (χ3n) is 4.22. The van der Waals surface area contributed by atoms with Crippen LogP contribution in [-0.2, 0) is 11.2 Å². The average molecular weight is 426 g/mol. The molecule has 0 saturated heterocycles. The number of aryl methyl sites for hydroxylation is 2. The first-order valence-electron chi connectivity index (χ1n) is 8.63. The van der Waals surface area contributed by atoms with Crippen LogP contribution in [0.5, 0.6) is 0 Å². The maximum atomic E-state index is 11.9. The number of carbonyl (C=O) groups excluding carboxylic acids is 1. The Bertz CT molecular complexity index is 961. The number of anilines is 1. The van der Waals surface area contributed by atoms with Gasteiger partial charge in [-0.1, -0.05) is 60.3 Å². The zero-order valence-electron chi connectivity index (χ0n) is 15.0. The lowest BCUT2D eigenvalue weighted by Gasteiger charge is -2.12. The normalized spacial score (nSPS) is 11.7. The molecule has 2 aromatic carbocycles. The molecule has 0 atom stereocenters. The molecule has 0 aliphatic rings. The highest BCUT2D eigenvalue weighted by atomic mass is 35.6. The maximum Gasteiger partial charge on any atom is 0.276 e. The molecule has 0 unspecified atom stereocenters. The molecule has 0 fully saturated rings. The standard InChI is InChI=1S/C19H19Cl3N4O/c1-3-4-5-13-6-8-14(9-7-13)26-24-16-10-12(2)15(11-17(16)25-26)23-18(27)19(20,21)22/h6-11H,3-5H2,1-2H3,(H,23,27). The fraction of sp³-hybridized carbons (Fsp3) is 0.316. The van der Waals surface area contributed by atoms with Crippen molar-refractivity contribution < 1.29 is 4.79 Å². The Balaban J connectivity index is 1.88. The number of hydrogen-bond acceptors (Lipinski definition) is 3. The monoisotopic (exact) mass is 424 g/mol. The Morgan fingerprint density at radius 2 is 1.74 bits per heavy atom. The molecule has 0 bridgehead atoms. The summed E-state index contributed by atoms with van der Waals surface area (Å²) in [7, 11) is 0. The van der Waals surface area contributed by atoms with Crippen LogP contribution < -0.4 is 5.32 Å². The number of hydrogen-bond donors (Lipinski definition) is 1. The molecule has 142 valence electrons. The van der Waals surface area contributed by atoms with Gasteiger partial charge in [-0.25, -0.2) is 0 Å². The number of fused-ring (bicyclic) bond motifs is 1. The highest BCUT2D eigenvalue weighted by Crippen LogP contribution is 2.29. The molecule has 3 rings (SSSR count). The van der Waals surface area contributed by atoms with E-state index in [1.807, 2.05) is 25.1 Å². The minimum absolute atomic E-state index is 0.529. The molecule has 8 heteroatoms. The number of nitrogens with one attached hydrogen (secondary N) is 1. The molecule has 0 spiro atoms. The third kappa shape index (κ3) is 4.72. The van der Waals surface area contributed by atoms with Gasteiger partial charge in [0.1, 0.15) is 11.0 Å². The predicted molar refractivity (Wildman–Crippen MR) is 111 cm³/mol. The van der Waals surface area contributed by atoms with Crippen LogP contribution in [0.4, 0.5) is 5.69 Å². The summed E-state index contributed by atoms with van der Waals surface area (Å²) >= 11 is 16.9. The molecule has 1 amide bonds. The largest absolute Gasteiger partial charge is 0.322 e. The Kier molecular flexibility index (Phi) is 5.94. The van der Waals surface area contributed by atoms with Gasteiger partial charge in [0.2, 0.25) is 0 Å². The molecule has 1 N–H and O–H groups in total. The number of carbonyl (C=O) groups is 1. The highest BCUT2D eigenvalue weighted by Gasteiger charge is 2.31. The van der Waals surface area contributed by atoms with Crippen LogP contribution in [0.2, 0.25) is 0 Å². The van der Waals surface area contributed by atoms with E-state index in [4.69, 9.17) is 34.8 Å². The minimum Gasteiger partial charge on any atom is -0.322 e. The van der Waals surface area contributed by atoms with Crippen LogP contribution in [0.1, 0.15) is 30.9 Å². The Morgan fingerprint density at radius 3 is 2.33 bits per heavy atom. The number of benzene rings is 2. The maximum absolute atomic E-state index is 11.9. The Labute approximate surface area is 172 Å². The minimum atomic E-state index is -2.03. The van der Waals surface area contributed by atoms with E-state index in [9.17, 15) is 4.79 Å². The van der Waals surface area contributed by atoms with Gasteiger partial charge in [-0.3, -0.25) is 4.79 Å². The molecule has 1 heterocycles. The van der Waals surface area contributed by atoms with Crippen LogP contribution >= 0.6 is 34.8 Å². The van der Waals surface area contributed by atoms with Gasteiger partial charge in [0.25, 0.3) is 9.70 Å². The second kappa shape index (κ2) is 8.05. The first-order chi connectivity index (χ1) is 12.8.